The van der Waals surface area contributed by atoms with Gasteiger partial charge in [0.15, 0.2) is 5.16 Å². The molecule has 0 aliphatic carbocycles. The molecule has 0 atom stereocenters. The van der Waals surface area contributed by atoms with Crippen molar-refractivity contribution in [2.45, 2.75) is 31.7 Å². The highest BCUT2D eigenvalue weighted by atomic mass is 32.2. The maximum absolute atomic E-state index is 4.39. The number of thioether (sulfide) groups is 1. The molecule has 2 aromatic rings. The van der Waals surface area contributed by atoms with Gasteiger partial charge < -0.3 is 0 Å². The second-order valence-electron chi connectivity index (χ2n) is 4.20. The van der Waals surface area contributed by atoms with Crippen LogP contribution in [0.5, 0.6) is 0 Å². The Morgan fingerprint density at radius 3 is 2.65 bits per heavy atom. The summed E-state index contributed by atoms with van der Waals surface area (Å²) in [6.07, 6.45) is 1.81. The van der Waals surface area contributed by atoms with Crippen molar-refractivity contribution in [1.29, 1.82) is 0 Å². The van der Waals surface area contributed by atoms with Crippen molar-refractivity contribution in [3.63, 3.8) is 0 Å². The highest BCUT2D eigenvalue weighted by molar-refractivity contribution is 7.98. The molecule has 0 aliphatic heterocycles. The van der Waals surface area contributed by atoms with Crippen molar-refractivity contribution in [3.05, 3.63) is 52.8 Å². The summed E-state index contributed by atoms with van der Waals surface area (Å²) in [6, 6.07) is 8.47. The van der Waals surface area contributed by atoms with Crippen LogP contribution in [0.1, 0.15) is 22.4 Å². The molecule has 0 spiro atoms. The summed E-state index contributed by atoms with van der Waals surface area (Å²) in [4.78, 5) is 8.64. The predicted octanol–water partition coefficient (Wildman–Crippen LogP) is 3.69. The largest absolute Gasteiger partial charge is 0.231 e. The number of nitrogens with zero attached hydrogens (tertiary/aromatic N) is 2. The minimum absolute atomic E-state index is 0.852. The van der Waals surface area contributed by atoms with E-state index in [0.717, 1.165) is 16.6 Å². The lowest BCUT2D eigenvalue weighted by Gasteiger charge is -2.06. The lowest BCUT2D eigenvalue weighted by Crippen LogP contribution is -1.91. The molecule has 3 heteroatoms. The van der Waals surface area contributed by atoms with Crippen molar-refractivity contribution < 1.29 is 0 Å². The average molecular weight is 244 g/mol. The molecule has 1 aromatic heterocycles. The Balaban J connectivity index is 2.07. The lowest BCUT2D eigenvalue weighted by atomic mass is 10.1. The van der Waals surface area contributed by atoms with Gasteiger partial charge in [0, 0.05) is 17.6 Å². The molecule has 1 heterocycles. The third-order valence-electron chi connectivity index (χ3n) is 2.63. The maximum atomic E-state index is 4.39. The molecule has 0 unspecified atom stereocenters. The van der Waals surface area contributed by atoms with Crippen molar-refractivity contribution in [3.8, 4) is 0 Å². The van der Waals surface area contributed by atoms with Crippen LogP contribution in [0, 0.1) is 20.8 Å². The Kier molecular flexibility index (Phi) is 3.79. The fraction of sp³-hybridized carbons (Fsp3) is 0.286. The smallest absolute Gasteiger partial charge is 0.188 e. The van der Waals surface area contributed by atoms with Gasteiger partial charge in [0.25, 0.3) is 0 Å². The first-order chi connectivity index (χ1) is 8.15. The van der Waals surface area contributed by atoms with Crippen LogP contribution in [0.15, 0.2) is 35.6 Å². The molecule has 0 saturated carbocycles. The zero-order valence-electron chi connectivity index (χ0n) is 10.4. The summed E-state index contributed by atoms with van der Waals surface area (Å²) >= 11 is 1.69. The van der Waals surface area contributed by atoms with Gasteiger partial charge in [-0.3, -0.25) is 0 Å². The average Bonchev–Trinajstić information content (AvgIpc) is 2.28. The van der Waals surface area contributed by atoms with E-state index in [1.54, 1.807) is 11.8 Å². The summed E-state index contributed by atoms with van der Waals surface area (Å²) in [6.45, 7) is 6.26. The number of aromatic nitrogens is 2. The van der Waals surface area contributed by atoms with Crippen molar-refractivity contribution >= 4 is 11.8 Å². The molecular weight excluding hydrogens is 228 g/mol. The highest BCUT2D eigenvalue weighted by Gasteiger charge is 2.02. The molecular formula is C14H16N2S. The summed E-state index contributed by atoms with van der Waals surface area (Å²) in [5.74, 6) is 0.926. The standard InChI is InChI=1S/C14H16N2S/c1-10-4-5-13(11(2)8-10)9-17-14-15-7-6-12(3)16-14/h4-8H,9H2,1-3H3. The van der Waals surface area contributed by atoms with Crippen LogP contribution >= 0.6 is 11.8 Å². The van der Waals surface area contributed by atoms with Gasteiger partial charge in [-0.2, -0.15) is 0 Å². The topological polar surface area (TPSA) is 25.8 Å². The van der Waals surface area contributed by atoms with Crippen LogP contribution in [0.25, 0.3) is 0 Å². The highest BCUT2D eigenvalue weighted by Crippen LogP contribution is 2.21. The minimum atomic E-state index is 0.852. The van der Waals surface area contributed by atoms with E-state index in [-0.39, 0.29) is 0 Å². The molecule has 0 N–H and O–H groups in total. The maximum Gasteiger partial charge on any atom is 0.188 e. The van der Waals surface area contributed by atoms with Crippen LogP contribution < -0.4 is 0 Å². The van der Waals surface area contributed by atoms with E-state index in [0.29, 0.717) is 0 Å². The van der Waals surface area contributed by atoms with Gasteiger partial charge in [-0.15, -0.1) is 0 Å². The molecule has 17 heavy (non-hydrogen) atoms. The zero-order valence-corrected chi connectivity index (χ0v) is 11.2. The Bertz CT molecular complexity index is 523. The zero-order chi connectivity index (χ0) is 12.3. The van der Waals surface area contributed by atoms with E-state index in [1.807, 2.05) is 19.2 Å². The van der Waals surface area contributed by atoms with Gasteiger partial charge in [-0.05, 0) is 38.0 Å². The van der Waals surface area contributed by atoms with Gasteiger partial charge >= 0.3 is 0 Å². The third-order valence-corrected chi connectivity index (χ3v) is 3.54. The molecule has 0 saturated heterocycles. The molecule has 0 bridgehead atoms. The van der Waals surface area contributed by atoms with Gasteiger partial charge in [-0.25, -0.2) is 9.97 Å². The second-order valence-corrected chi connectivity index (χ2v) is 5.14. The molecule has 2 rings (SSSR count). The van der Waals surface area contributed by atoms with Crippen LogP contribution in [0.2, 0.25) is 0 Å². The van der Waals surface area contributed by atoms with Gasteiger partial charge in [-0.1, -0.05) is 35.5 Å². The Hall–Kier alpha value is -1.35. The third kappa shape index (κ3) is 3.30. The van der Waals surface area contributed by atoms with Gasteiger partial charge in [0.1, 0.15) is 0 Å². The van der Waals surface area contributed by atoms with Crippen molar-refractivity contribution in [2.24, 2.45) is 0 Å². The first kappa shape index (κ1) is 12.1. The monoisotopic (exact) mass is 244 g/mol. The van der Waals surface area contributed by atoms with Crippen LogP contribution in [0.4, 0.5) is 0 Å². The summed E-state index contributed by atoms with van der Waals surface area (Å²) in [5, 5.41) is 0.852. The van der Waals surface area contributed by atoms with Gasteiger partial charge in [0.2, 0.25) is 0 Å². The van der Waals surface area contributed by atoms with Crippen molar-refractivity contribution in [1.82, 2.24) is 9.97 Å². The molecule has 1 aromatic carbocycles. The van der Waals surface area contributed by atoms with Gasteiger partial charge in [0.05, 0.1) is 0 Å². The number of rotatable bonds is 3. The van der Waals surface area contributed by atoms with Crippen LogP contribution in [-0.2, 0) is 5.75 Å². The first-order valence-electron chi connectivity index (χ1n) is 5.64. The van der Waals surface area contributed by atoms with E-state index in [4.69, 9.17) is 0 Å². The first-order valence-corrected chi connectivity index (χ1v) is 6.62. The molecule has 0 aliphatic rings. The van der Waals surface area contributed by atoms with Crippen LogP contribution in [-0.4, -0.2) is 9.97 Å². The van der Waals surface area contributed by atoms with E-state index < -0.39 is 0 Å². The Morgan fingerprint density at radius 1 is 1.12 bits per heavy atom. The quantitative estimate of drug-likeness (QED) is 0.608. The Labute approximate surface area is 107 Å². The van der Waals surface area contributed by atoms with Crippen molar-refractivity contribution in [2.75, 3.05) is 0 Å². The normalized spacial score (nSPS) is 10.5. The molecule has 0 radical (unpaired) electrons. The fourth-order valence-electron chi connectivity index (χ4n) is 1.65. The fourth-order valence-corrected chi connectivity index (χ4v) is 2.60. The minimum Gasteiger partial charge on any atom is -0.231 e. The summed E-state index contributed by atoms with van der Waals surface area (Å²) < 4.78 is 0. The molecule has 0 amide bonds. The predicted molar refractivity (Wildman–Crippen MR) is 72.2 cm³/mol. The molecule has 0 fully saturated rings. The van der Waals surface area contributed by atoms with E-state index >= 15 is 0 Å². The lowest BCUT2D eigenvalue weighted by molar-refractivity contribution is 0.931. The SMILES string of the molecule is Cc1ccc(CSc2nccc(C)n2)c(C)c1. The molecule has 88 valence electrons. The number of hydrogen-bond donors (Lipinski definition) is 0. The number of benzene rings is 1. The Morgan fingerprint density at radius 2 is 1.94 bits per heavy atom. The number of aryl methyl sites for hydroxylation is 3. The molecule has 2 nitrogen and oxygen atoms in total. The van der Waals surface area contributed by atoms with E-state index in [1.165, 1.54) is 16.7 Å². The van der Waals surface area contributed by atoms with Crippen LogP contribution in [0.3, 0.4) is 0 Å². The number of hydrogen-bond acceptors (Lipinski definition) is 3. The second kappa shape index (κ2) is 5.32. The summed E-state index contributed by atoms with van der Waals surface area (Å²) in [5.41, 5.74) is 5.02. The van der Waals surface area contributed by atoms with E-state index in [9.17, 15) is 0 Å². The van der Waals surface area contributed by atoms with E-state index in [2.05, 4.69) is 42.0 Å². The summed E-state index contributed by atoms with van der Waals surface area (Å²) in [7, 11) is 0.